The van der Waals surface area contributed by atoms with Crippen molar-refractivity contribution in [2.24, 2.45) is 0 Å². The van der Waals surface area contributed by atoms with Crippen LogP contribution in [0.1, 0.15) is 66.8 Å². The fraction of sp³-hybridized carbons (Fsp3) is 0.500. The Bertz CT molecular complexity index is 786. The number of likely N-dealkylation sites (tertiary alicyclic amines) is 1. The Kier molecular flexibility index (Phi) is 6.45. The summed E-state index contributed by atoms with van der Waals surface area (Å²) in [7, 11) is 0. The zero-order chi connectivity index (χ0) is 20.1. The van der Waals surface area contributed by atoms with Gasteiger partial charge >= 0.3 is 0 Å². The number of benzene rings is 1. The first-order valence-corrected chi connectivity index (χ1v) is 10.9. The average Bonchev–Trinajstić information content (AvgIpc) is 3.02. The minimum Gasteiger partial charge on any atom is -0.393 e. The zero-order valence-electron chi connectivity index (χ0n) is 17.0. The molecule has 154 valence electrons. The molecule has 1 aromatic carbocycles. The number of hydrogen-bond donors (Lipinski definition) is 2. The molecule has 2 fully saturated rings. The van der Waals surface area contributed by atoms with Crippen molar-refractivity contribution in [3.63, 3.8) is 0 Å². The summed E-state index contributed by atoms with van der Waals surface area (Å²) in [5, 5.41) is 13.1. The van der Waals surface area contributed by atoms with E-state index < -0.39 is 0 Å². The van der Waals surface area contributed by atoms with E-state index in [1.165, 1.54) is 5.56 Å². The number of nitrogens with one attached hydrogen (secondary N) is 1. The second-order valence-electron chi connectivity index (χ2n) is 8.41. The van der Waals surface area contributed by atoms with E-state index in [2.05, 4.69) is 40.6 Å². The molecule has 1 saturated carbocycles. The lowest BCUT2D eigenvalue weighted by atomic mass is 9.92. The zero-order valence-corrected chi connectivity index (χ0v) is 17.0. The van der Waals surface area contributed by atoms with E-state index in [0.717, 1.165) is 63.9 Å². The van der Waals surface area contributed by atoms with E-state index >= 15 is 0 Å². The largest absolute Gasteiger partial charge is 0.393 e. The van der Waals surface area contributed by atoms with Crippen molar-refractivity contribution in [2.75, 3.05) is 18.4 Å². The third-order valence-corrected chi connectivity index (χ3v) is 6.35. The number of carbonyl (C=O) groups excluding carboxylic acids is 1. The van der Waals surface area contributed by atoms with Gasteiger partial charge in [0, 0.05) is 25.3 Å². The smallest absolute Gasteiger partial charge is 0.255 e. The molecule has 0 radical (unpaired) electrons. The molecule has 1 aliphatic carbocycles. The number of anilines is 1. The Labute approximate surface area is 173 Å². The Morgan fingerprint density at radius 1 is 0.966 bits per heavy atom. The molecule has 1 atom stereocenters. The van der Waals surface area contributed by atoms with Gasteiger partial charge in [-0.3, -0.25) is 4.79 Å². The second kappa shape index (κ2) is 9.40. The summed E-state index contributed by atoms with van der Waals surface area (Å²) in [6.07, 6.45) is 8.31. The molecule has 2 aromatic rings. The standard InChI is InChI=1S/C24H31N3O2/c28-22-11-9-21(10-12-22)26-23-13-8-20(17-25-23)24(29)27-15-4-7-19(14-16-27)18-5-2-1-3-6-18/h1-3,5-6,8,13,17,19,21-22,28H,4,7,9-12,14-16H2,(H,25,26)/t19-,21?,22?/m1/s1. The summed E-state index contributed by atoms with van der Waals surface area (Å²) in [6.45, 7) is 1.61. The van der Waals surface area contributed by atoms with Gasteiger partial charge in [0.2, 0.25) is 0 Å². The number of carbonyl (C=O) groups is 1. The average molecular weight is 394 g/mol. The fourth-order valence-corrected chi connectivity index (χ4v) is 4.58. The Morgan fingerprint density at radius 2 is 1.76 bits per heavy atom. The first-order valence-electron chi connectivity index (χ1n) is 10.9. The van der Waals surface area contributed by atoms with Crippen LogP contribution in [0.5, 0.6) is 0 Å². The number of nitrogens with zero attached hydrogens (tertiary/aromatic N) is 2. The van der Waals surface area contributed by atoms with Crippen molar-refractivity contribution >= 4 is 11.7 Å². The van der Waals surface area contributed by atoms with Crippen LogP contribution in [0, 0.1) is 0 Å². The first kappa shape index (κ1) is 19.9. The monoisotopic (exact) mass is 393 g/mol. The quantitative estimate of drug-likeness (QED) is 0.817. The lowest BCUT2D eigenvalue weighted by molar-refractivity contribution is 0.0760. The van der Waals surface area contributed by atoms with Crippen LogP contribution >= 0.6 is 0 Å². The molecule has 1 aliphatic heterocycles. The summed E-state index contributed by atoms with van der Waals surface area (Å²) in [5.41, 5.74) is 2.04. The number of aromatic nitrogens is 1. The molecule has 0 spiro atoms. The van der Waals surface area contributed by atoms with Crippen molar-refractivity contribution in [3.05, 3.63) is 59.8 Å². The van der Waals surface area contributed by atoms with Gasteiger partial charge in [-0.1, -0.05) is 30.3 Å². The molecule has 1 amide bonds. The van der Waals surface area contributed by atoms with E-state index in [4.69, 9.17) is 0 Å². The normalized spacial score (nSPS) is 25.3. The lowest BCUT2D eigenvalue weighted by Gasteiger charge is -2.26. The Morgan fingerprint density at radius 3 is 2.48 bits per heavy atom. The predicted molar refractivity (Wildman–Crippen MR) is 115 cm³/mol. The molecule has 0 unspecified atom stereocenters. The van der Waals surface area contributed by atoms with E-state index in [0.29, 0.717) is 17.5 Å². The molecule has 4 rings (SSSR count). The van der Waals surface area contributed by atoms with E-state index in [-0.39, 0.29) is 12.0 Å². The van der Waals surface area contributed by atoms with Crippen LogP contribution < -0.4 is 5.32 Å². The maximum absolute atomic E-state index is 13.0. The molecular formula is C24H31N3O2. The molecule has 1 saturated heterocycles. The van der Waals surface area contributed by atoms with Gasteiger partial charge in [-0.05, 0) is 68.6 Å². The van der Waals surface area contributed by atoms with Gasteiger partial charge in [-0.25, -0.2) is 4.98 Å². The highest BCUT2D eigenvalue weighted by molar-refractivity contribution is 5.94. The van der Waals surface area contributed by atoms with Gasteiger partial charge < -0.3 is 15.3 Å². The minimum atomic E-state index is -0.156. The summed E-state index contributed by atoms with van der Waals surface area (Å²) in [6, 6.07) is 14.8. The molecule has 5 nitrogen and oxygen atoms in total. The van der Waals surface area contributed by atoms with Gasteiger partial charge in [0.05, 0.1) is 11.7 Å². The molecule has 0 bridgehead atoms. The van der Waals surface area contributed by atoms with Crippen LogP contribution in [0.15, 0.2) is 48.7 Å². The maximum Gasteiger partial charge on any atom is 0.255 e. The predicted octanol–water partition coefficient (Wildman–Crippen LogP) is 4.21. The molecule has 2 N–H and O–H groups in total. The number of aliphatic hydroxyl groups is 1. The molecule has 1 aromatic heterocycles. The van der Waals surface area contributed by atoms with Crippen LogP contribution in [0.25, 0.3) is 0 Å². The number of aliphatic hydroxyl groups excluding tert-OH is 1. The topological polar surface area (TPSA) is 65.5 Å². The van der Waals surface area contributed by atoms with Crippen molar-refractivity contribution in [3.8, 4) is 0 Å². The third kappa shape index (κ3) is 5.15. The van der Waals surface area contributed by atoms with E-state index in [9.17, 15) is 9.90 Å². The first-order chi connectivity index (χ1) is 14.2. The lowest BCUT2D eigenvalue weighted by Crippen LogP contribution is -2.32. The van der Waals surface area contributed by atoms with Crippen LogP contribution in [-0.4, -0.2) is 46.1 Å². The Balaban J connectivity index is 1.33. The highest BCUT2D eigenvalue weighted by Crippen LogP contribution is 2.28. The number of amides is 1. The second-order valence-corrected chi connectivity index (χ2v) is 8.41. The fourth-order valence-electron chi connectivity index (χ4n) is 4.58. The van der Waals surface area contributed by atoms with Gasteiger partial charge in [-0.15, -0.1) is 0 Å². The number of pyridine rings is 1. The molecule has 29 heavy (non-hydrogen) atoms. The van der Waals surface area contributed by atoms with Crippen molar-refractivity contribution in [2.45, 2.75) is 63.0 Å². The van der Waals surface area contributed by atoms with Crippen molar-refractivity contribution in [1.29, 1.82) is 0 Å². The van der Waals surface area contributed by atoms with Gasteiger partial charge in [0.1, 0.15) is 5.82 Å². The summed E-state index contributed by atoms with van der Waals surface area (Å²) < 4.78 is 0. The molecular weight excluding hydrogens is 362 g/mol. The van der Waals surface area contributed by atoms with E-state index in [1.54, 1.807) is 6.20 Å². The molecule has 2 heterocycles. The SMILES string of the molecule is O=C(c1ccc(NC2CCC(O)CC2)nc1)N1CCC[C@@H](c2ccccc2)CC1. The van der Waals surface area contributed by atoms with Crippen molar-refractivity contribution < 1.29 is 9.90 Å². The summed E-state index contributed by atoms with van der Waals surface area (Å²) in [4.78, 5) is 19.4. The van der Waals surface area contributed by atoms with Gasteiger partial charge in [-0.2, -0.15) is 0 Å². The van der Waals surface area contributed by atoms with Crippen LogP contribution in [0.4, 0.5) is 5.82 Å². The Hall–Kier alpha value is -2.40. The van der Waals surface area contributed by atoms with Gasteiger partial charge in [0.25, 0.3) is 5.91 Å². The summed E-state index contributed by atoms with van der Waals surface area (Å²) in [5.74, 6) is 1.43. The van der Waals surface area contributed by atoms with Crippen LogP contribution in [-0.2, 0) is 0 Å². The highest BCUT2D eigenvalue weighted by Gasteiger charge is 2.23. The maximum atomic E-state index is 13.0. The number of hydrogen-bond acceptors (Lipinski definition) is 4. The highest BCUT2D eigenvalue weighted by atomic mass is 16.3. The summed E-state index contributed by atoms with van der Waals surface area (Å²) >= 11 is 0. The van der Waals surface area contributed by atoms with Crippen molar-refractivity contribution in [1.82, 2.24) is 9.88 Å². The molecule has 2 aliphatic rings. The third-order valence-electron chi connectivity index (χ3n) is 6.35. The van der Waals surface area contributed by atoms with Crippen LogP contribution in [0.2, 0.25) is 0 Å². The number of rotatable bonds is 4. The van der Waals surface area contributed by atoms with E-state index in [1.807, 2.05) is 17.0 Å². The van der Waals surface area contributed by atoms with Crippen LogP contribution in [0.3, 0.4) is 0 Å². The van der Waals surface area contributed by atoms with Gasteiger partial charge in [0.15, 0.2) is 0 Å². The minimum absolute atomic E-state index is 0.0820. The molecule has 5 heteroatoms.